The van der Waals surface area contributed by atoms with Gasteiger partial charge in [0.05, 0.1) is 5.69 Å². The van der Waals surface area contributed by atoms with Crippen LogP contribution >= 0.6 is 22.9 Å². The first kappa shape index (κ1) is 14.6. The largest absolute Gasteiger partial charge is 0.507 e. The monoisotopic (exact) mass is 336 g/mol. The molecule has 0 aliphatic carbocycles. The quantitative estimate of drug-likeness (QED) is 0.743. The summed E-state index contributed by atoms with van der Waals surface area (Å²) in [4.78, 5) is 28.5. The van der Waals surface area contributed by atoms with Crippen molar-refractivity contribution in [3.8, 4) is 5.75 Å². The number of hydrogen-bond acceptors (Lipinski definition) is 6. The lowest BCUT2D eigenvalue weighted by atomic mass is 10.2. The molecule has 0 saturated carbocycles. The number of ether oxygens (including phenoxy) is 1. The van der Waals surface area contributed by atoms with E-state index in [9.17, 15) is 14.7 Å². The summed E-state index contributed by atoms with van der Waals surface area (Å²) < 4.78 is 6.47. The van der Waals surface area contributed by atoms with E-state index in [4.69, 9.17) is 16.3 Å². The summed E-state index contributed by atoms with van der Waals surface area (Å²) in [5.74, 6) is -0.968. The van der Waals surface area contributed by atoms with Crippen molar-refractivity contribution >= 4 is 33.9 Å². The Morgan fingerprint density at radius 2 is 2.23 bits per heavy atom. The number of hydrogen-bond donors (Lipinski definition) is 1. The Labute approximate surface area is 133 Å². The number of rotatable bonds is 3. The zero-order valence-electron chi connectivity index (χ0n) is 11.0. The van der Waals surface area contributed by atoms with E-state index in [1.54, 1.807) is 11.6 Å². The Morgan fingerprint density at radius 1 is 1.41 bits per heavy atom. The molecule has 1 N–H and O–H groups in total. The normalized spacial score (nSPS) is 10.8. The number of esters is 1. The van der Waals surface area contributed by atoms with E-state index in [0.717, 1.165) is 0 Å². The molecular formula is C14H9ClN2O4S. The number of aromatic hydroxyl groups is 1. The Balaban J connectivity index is 1.80. The van der Waals surface area contributed by atoms with Gasteiger partial charge in [0, 0.05) is 22.7 Å². The third-order valence-corrected chi connectivity index (χ3v) is 3.88. The average Bonchev–Trinajstić information content (AvgIpc) is 2.96. The van der Waals surface area contributed by atoms with Crippen LogP contribution in [0, 0.1) is 0 Å². The summed E-state index contributed by atoms with van der Waals surface area (Å²) in [6, 6.07) is 5.37. The van der Waals surface area contributed by atoms with Crippen LogP contribution in [0.3, 0.4) is 0 Å². The second kappa shape index (κ2) is 5.78. The second-order valence-corrected chi connectivity index (χ2v) is 5.69. The highest BCUT2D eigenvalue weighted by atomic mass is 35.5. The van der Waals surface area contributed by atoms with Gasteiger partial charge in [-0.15, -0.1) is 11.3 Å². The van der Waals surface area contributed by atoms with Crippen LogP contribution in [-0.2, 0) is 11.3 Å². The van der Waals surface area contributed by atoms with Crippen LogP contribution in [0.15, 0.2) is 40.6 Å². The summed E-state index contributed by atoms with van der Waals surface area (Å²) in [6.45, 7) is -0.172. The predicted octanol–water partition coefficient (Wildman–Crippen LogP) is 2.47. The molecule has 2 aromatic heterocycles. The molecule has 0 spiro atoms. The topological polar surface area (TPSA) is 80.9 Å². The van der Waals surface area contributed by atoms with Gasteiger partial charge in [0.1, 0.15) is 17.9 Å². The molecule has 3 rings (SSSR count). The zero-order valence-corrected chi connectivity index (χ0v) is 12.6. The van der Waals surface area contributed by atoms with Crippen molar-refractivity contribution in [1.82, 2.24) is 9.38 Å². The van der Waals surface area contributed by atoms with Crippen molar-refractivity contribution in [1.29, 1.82) is 0 Å². The number of halogens is 1. The van der Waals surface area contributed by atoms with Crippen LogP contribution in [0.25, 0.3) is 4.96 Å². The van der Waals surface area contributed by atoms with Crippen molar-refractivity contribution < 1.29 is 14.6 Å². The minimum Gasteiger partial charge on any atom is -0.507 e. The van der Waals surface area contributed by atoms with Crippen LogP contribution in [0.4, 0.5) is 0 Å². The van der Waals surface area contributed by atoms with Crippen molar-refractivity contribution in [3.63, 3.8) is 0 Å². The highest BCUT2D eigenvalue weighted by molar-refractivity contribution is 7.15. The first-order valence-corrected chi connectivity index (χ1v) is 7.42. The van der Waals surface area contributed by atoms with E-state index in [2.05, 4.69) is 4.98 Å². The Kier molecular flexibility index (Phi) is 3.82. The molecule has 22 heavy (non-hydrogen) atoms. The molecule has 6 nitrogen and oxygen atoms in total. The van der Waals surface area contributed by atoms with E-state index in [0.29, 0.717) is 15.7 Å². The first-order chi connectivity index (χ1) is 10.5. The predicted molar refractivity (Wildman–Crippen MR) is 81.6 cm³/mol. The van der Waals surface area contributed by atoms with Crippen molar-refractivity contribution in [2.45, 2.75) is 6.61 Å². The second-order valence-electron chi connectivity index (χ2n) is 4.38. The summed E-state index contributed by atoms with van der Waals surface area (Å²) in [5.41, 5.74) is 0.0478. The first-order valence-electron chi connectivity index (χ1n) is 6.16. The van der Waals surface area contributed by atoms with Crippen molar-refractivity contribution in [2.75, 3.05) is 0 Å². The van der Waals surface area contributed by atoms with E-state index in [1.807, 2.05) is 0 Å². The molecule has 0 unspecified atom stereocenters. The maximum Gasteiger partial charge on any atom is 0.342 e. The van der Waals surface area contributed by atoms with Crippen LogP contribution in [0.1, 0.15) is 16.1 Å². The summed E-state index contributed by atoms with van der Waals surface area (Å²) >= 11 is 7.08. The third kappa shape index (κ3) is 2.81. The fraction of sp³-hybridized carbons (Fsp3) is 0.0714. The molecule has 0 amide bonds. The van der Waals surface area contributed by atoms with Gasteiger partial charge in [-0.05, 0) is 18.2 Å². The molecule has 0 saturated heterocycles. The minimum absolute atomic E-state index is 0.0403. The molecule has 0 aliphatic heterocycles. The summed E-state index contributed by atoms with van der Waals surface area (Å²) in [6.07, 6.45) is 1.62. The van der Waals surface area contributed by atoms with Crippen LogP contribution in [-0.4, -0.2) is 20.5 Å². The minimum atomic E-state index is -0.742. The summed E-state index contributed by atoms with van der Waals surface area (Å²) in [5, 5.41) is 11.7. The number of thiazole rings is 1. The molecule has 0 fully saturated rings. The fourth-order valence-electron chi connectivity index (χ4n) is 1.85. The number of carbonyl (C=O) groups is 1. The SMILES string of the molecule is O=C(OCc1cc(=O)n2ccsc2n1)c1cc(Cl)ccc1O. The lowest BCUT2D eigenvalue weighted by Gasteiger charge is -2.06. The molecular weight excluding hydrogens is 328 g/mol. The fourth-order valence-corrected chi connectivity index (χ4v) is 2.76. The Morgan fingerprint density at radius 3 is 3.05 bits per heavy atom. The van der Waals surface area contributed by atoms with E-state index in [-0.39, 0.29) is 23.5 Å². The van der Waals surface area contributed by atoms with Crippen LogP contribution < -0.4 is 5.56 Å². The molecule has 112 valence electrons. The molecule has 3 aromatic rings. The van der Waals surface area contributed by atoms with Crippen LogP contribution in [0.2, 0.25) is 5.02 Å². The number of phenolic OH excluding ortho intramolecular Hbond substituents is 1. The lowest BCUT2D eigenvalue weighted by molar-refractivity contribution is 0.0464. The number of phenols is 1. The highest BCUT2D eigenvalue weighted by Gasteiger charge is 2.14. The molecule has 0 aliphatic rings. The third-order valence-electron chi connectivity index (χ3n) is 2.89. The van der Waals surface area contributed by atoms with E-state index < -0.39 is 5.97 Å². The molecule has 8 heteroatoms. The highest BCUT2D eigenvalue weighted by Crippen LogP contribution is 2.22. The van der Waals surface area contributed by atoms with E-state index >= 15 is 0 Å². The lowest BCUT2D eigenvalue weighted by Crippen LogP contribution is -2.14. The Hall–Kier alpha value is -2.38. The standard InChI is InChI=1S/C14H9ClN2O4S/c15-8-1-2-11(18)10(5-8)13(20)21-7-9-6-12(19)17-3-4-22-14(17)16-9/h1-6,18H,7H2. The van der Waals surface area contributed by atoms with Crippen molar-refractivity contribution in [3.05, 3.63) is 62.5 Å². The van der Waals surface area contributed by atoms with Gasteiger partial charge in [0.15, 0.2) is 4.96 Å². The molecule has 0 radical (unpaired) electrons. The maximum atomic E-state index is 11.9. The molecule has 0 atom stereocenters. The number of nitrogens with zero attached hydrogens (tertiary/aromatic N) is 2. The Bertz CT molecular complexity index is 919. The van der Waals surface area contributed by atoms with Gasteiger partial charge >= 0.3 is 5.97 Å². The van der Waals surface area contributed by atoms with Gasteiger partial charge in [0.2, 0.25) is 0 Å². The van der Waals surface area contributed by atoms with Gasteiger partial charge in [-0.3, -0.25) is 9.20 Å². The van der Waals surface area contributed by atoms with Gasteiger partial charge < -0.3 is 9.84 Å². The average molecular weight is 337 g/mol. The number of aromatic nitrogens is 2. The molecule has 1 aromatic carbocycles. The van der Waals surface area contributed by atoms with Gasteiger partial charge in [-0.25, -0.2) is 9.78 Å². The number of benzene rings is 1. The summed E-state index contributed by atoms with van der Waals surface area (Å²) in [7, 11) is 0. The molecule has 2 heterocycles. The smallest absolute Gasteiger partial charge is 0.342 e. The van der Waals surface area contributed by atoms with Crippen LogP contribution in [0.5, 0.6) is 5.75 Å². The van der Waals surface area contributed by atoms with Gasteiger partial charge in [0.25, 0.3) is 5.56 Å². The molecule has 0 bridgehead atoms. The van der Waals surface area contributed by atoms with Gasteiger partial charge in [-0.2, -0.15) is 0 Å². The van der Waals surface area contributed by atoms with Crippen molar-refractivity contribution in [2.24, 2.45) is 0 Å². The number of fused-ring (bicyclic) bond motifs is 1. The van der Waals surface area contributed by atoms with E-state index in [1.165, 1.54) is 40.0 Å². The zero-order chi connectivity index (χ0) is 15.7. The van der Waals surface area contributed by atoms with Gasteiger partial charge in [-0.1, -0.05) is 11.6 Å². The maximum absolute atomic E-state index is 11.9. The number of carbonyl (C=O) groups excluding carboxylic acids is 1.